The fourth-order valence-electron chi connectivity index (χ4n) is 2.76. The lowest BCUT2D eigenvalue weighted by Gasteiger charge is -2.27. The molecule has 1 aromatic carbocycles. The summed E-state index contributed by atoms with van der Waals surface area (Å²) in [6.45, 7) is 1.48. The van der Waals surface area contributed by atoms with E-state index < -0.39 is 28.1 Å². The maximum absolute atomic E-state index is 13.1. The minimum Gasteiger partial charge on any atom is -0.481 e. The number of hydrogen-bond donors (Lipinski definition) is 3. The van der Waals surface area contributed by atoms with Gasteiger partial charge in [-0.15, -0.1) is 5.92 Å². The summed E-state index contributed by atoms with van der Waals surface area (Å²) in [5, 5.41) is 18.1. The Morgan fingerprint density at radius 1 is 1.25 bits per heavy atom. The predicted molar refractivity (Wildman–Crippen MR) is 97.2 cm³/mol. The molecule has 11 heteroatoms. The highest BCUT2D eigenvalue weighted by Gasteiger charge is 2.38. The zero-order chi connectivity index (χ0) is 20.7. The molecule has 0 aromatic heterocycles. The van der Waals surface area contributed by atoms with Crippen molar-refractivity contribution in [2.45, 2.75) is 24.3 Å². The van der Waals surface area contributed by atoms with Gasteiger partial charge in [-0.2, -0.15) is 4.31 Å². The number of rotatable bonds is 5. The molecule has 1 atom stereocenters. The first kappa shape index (κ1) is 21.5. The van der Waals surface area contributed by atoms with Gasteiger partial charge in [0.05, 0.1) is 4.90 Å². The molecule has 152 valence electrons. The Labute approximate surface area is 162 Å². The molecule has 1 aromatic rings. The highest BCUT2D eigenvalue weighted by atomic mass is 32.2. The molecule has 10 nitrogen and oxygen atoms in total. The fourth-order valence-corrected chi connectivity index (χ4v) is 4.37. The molecule has 1 aliphatic rings. The molecule has 0 aliphatic carbocycles. The van der Waals surface area contributed by atoms with Crippen molar-refractivity contribution in [2.75, 3.05) is 26.2 Å². The average molecular weight is 411 g/mol. The van der Waals surface area contributed by atoms with E-state index in [2.05, 4.69) is 11.8 Å². The summed E-state index contributed by atoms with van der Waals surface area (Å²) in [6.07, 6.45) is -1.30. The van der Waals surface area contributed by atoms with E-state index in [0.29, 0.717) is 5.75 Å². The van der Waals surface area contributed by atoms with E-state index in [0.717, 1.165) is 9.21 Å². The average Bonchev–Trinajstić information content (AvgIpc) is 2.92. The second-order valence-electron chi connectivity index (χ2n) is 5.85. The molecular weight excluding hydrogens is 390 g/mol. The normalized spacial score (nSPS) is 17.8. The summed E-state index contributed by atoms with van der Waals surface area (Å²) in [5.74, 6) is 4.90. The van der Waals surface area contributed by atoms with Crippen molar-refractivity contribution in [3.8, 4) is 17.6 Å². The first-order valence-corrected chi connectivity index (χ1v) is 9.81. The third kappa shape index (κ3) is 4.92. The molecule has 1 saturated heterocycles. The summed E-state index contributed by atoms with van der Waals surface area (Å²) >= 11 is 0. The van der Waals surface area contributed by atoms with E-state index in [1.165, 1.54) is 29.7 Å². The maximum Gasteiger partial charge on any atom is 0.407 e. The van der Waals surface area contributed by atoms with Gasteiger partial charge in [0.15, 0.2) is 0 Å². The number of carbonyl (C=O) groups excluding carboxylic acids is 1. The van der Waals surface area contributed by atoms with Crippen molar-refractivity contribution >= 4 is 22.0 Å². The Hall–Kier alpha value is -2.81. The van der Waals surface area contributed by atoms with Gasteiger partial charge in [-0.1, -0.05) is 5.92 Å². The van der Waals surface area contributed by atoms with Crippen LogP contribution in [0.1, 0.15) is 13.3 Å². The lowest BCUT2D eigenvalue weighted by molar-refractivity contribution is -0.133. The topological polar surface area (TPSA) is 136 Å². The quantitative estimate of drug-likeness (QED) is 0.361. The van der Waals surface area contributed by atoms with Crippen LogP contribution in [0.4, 0.5) is 4.79 Å². The van der Waals surface area contributed by atoms with E-state index >= 15 is 0 Å². The van der Waals surface area contributed by atoms with Gasteiger partial charge < -0.3 is 14.7 Å². The largest absolute Gasteiger partial charge is 0.481 e. The monoisotopic (exact) mass is 411 g/mol. The summed E-state index contributed by atoms with van der Waals surface area (Å²) in [6, 6.07) is 4.35. The number of benzene rings is 1. The van der Waals surface area contributed by atoms with Gasteiger partial charge in [-0.25, -0.2) is 18.7 Å². The molecular formula is C17H21N3O7S. The number of hydroxylamine groups is 1. The van der Waals surface area contributed by atoms with Gasteiger partial charge >= 0.3 is 6.09 Å². The Bertz CT molecular complexity index is 874. The molecule has 2 amide bonds. The maximum atomic E-state index is 13.1. The van der Waals surface area contributed by atoms with Crippen LogP contribution in [-0.2, 0) is 14.8 Å². The molecule has 0 radical (unpaired) electrons. The van der Waals surface area contributed by atoms with Crippen LogP contribution in [0.5, 0.6) is 5.75 Å². The summed E-state index contributed by atoms with van der Waals surface area (Å²) in [7, 11) is -4.12. The first-order valence-electron chi connectivity index (χ1n) is 8.37. The van der Waals surface area contributed by atoms with Gasteiger partial charge in [0.2, 0.25) is 10.0 Å². The van der Waals surface area contributed by atoms with Crippen molar-refractivity contribution in [2.24, 2.45) is 0 Å². The van der Waals surface area contributed by atoms with Crippen LogP contribution in [0.15, 0.2) is 29.2 Å². The number of amides is 2. The number of ether oxygens (including phenoxy) is 1. The van der Waals surface area contributed by atoms with Crippen LogP contribution < -0.4 is 10.2 Å². The van der Waals surface area contributed by atoms with Crippen LogP contribution in [0, 0.1) is 11.8 Å². The Morgan fingerprint density at radius 2 is 1.93 bits per heavy atom. The molecule has 0 bridgehead atoms. The van der Waals surface area contributed by atoms with Crippen molar-refractivity contribution in [3.05, 3.63) is 24.3 Å². The highest BCUT2D eigenvalue weighted by Crippen LogP contribution is 2.24. The van der Waals surface area contributed by atoms with E-state index in [-0.39, 0.29) is 37.6 Å². The van der Waals surface area contributed by atoms with Crippen LogP contribution >= 0.6 is 0 Å². The zero-order valence-corrected chi connectivity index (χ0v) is 16.0. The van der Waals surface area contributed by atoms with Crippen LogP contribution in [-0.4, -0.2) is 72.2 Å². The molecule has 0 saturated carbocycles. The summed E-state index contributed by atoms with van der Waals surface area (Å²) < 4.78 is 32.4. The smallest absolute Gasteiger partial charge is 0.407 e. The van der Waals surface area contributed by atoms with Crippen LogP contribution in [0.25, 0.3) is 0 Å². The lowest BCUT2D eigenvalue weighted by atomic mass is 10.2. The minimum absolute atomic E-state index is 0.0370. The lowest BCUT2D eigenvalue weighted by Crippen LogP contribution is -2.49. The van der Waals surface area contributed by atoms with Gasteiger partial charge in [0.25, 0.3) is 5.91 Å². The van der Waals surface area contributed by atoms with Gasteiger partial charge in [-0.05, 0) is 37.6 Å². The van der Waals surface area contributed by atoms with Crippen LogP contribution in [0.2, 0.25) is 0 Å². The number of sulfonamides is 1. The van der Waals surface area contributed by atoms with Crippen LogP contribution in [0.3, 0.4) is 0 Å². The third-order valence-corrected chi connectivity index (χ3v) is 6.13. The molecule has 3 N–H and O–H groups in total. The molecule has 2 rings (SSSR count). The number of carbonyl (C=O) groups is 2. The zero-order valence-electron chi connectivity index (χ0n) is 15.2. The summed E-state index contributed by atoms with van der Waals surface area (Å²) in [5.41, 5.74) is 1.45. The Morgan fingerprint density at radius 3 is 2.50 bits per heavy atom. The first-order chi connectivity index (χ1) is 13.3. The highest BCUT2D eigenvalue weighted by molar-refractivity contribution is 7.89. The van der Waals surface area contributed by atoms with Crippen molar-refractivity contribution in [1.82, 2.24) is 14.7 Å². The van der Waals surface area contributed by atoms with Crippen molar-refractivity contribution in [1.29, 1.82) is 0 Å². The molecule has 1 fully saturated rings. The van der Waals surface area contributed by atoms with Gasteiger partial charge in [-0.3, -0.25) is 10.0 Å². The number of nitrogens with one attached hydrogen (secondary N) is 1. The Balaban J connectivity index is 2.29. The van der Waals surface area contributed by atoms with Gasteiger partial charge in [0, 0.05) is 19.6 Å². The molecule has 28 heavy (non-hydrogen) atoms. The molecule has 1 unspecified atom stereocenters. The van der Waals surface area contributed by atoms with E-state index in [9.17, 15) is 18.0 Å². The van der Waals surface area contributed by atoms with Crippen molar-refractivity contribution in [3.63, 3.8) is 0 Å². The summed E-state index contributed by atoms with van der Waals surface area (Å²) in [4.78, 5) is 24.2. The predicted octanol–water partition coefficient (Wildman–Crippen LogP) is 0.337. The molecule has 0 spiro atoms. The van der Waals surface area contributed by atoms with E-state index in [1.54, 1.807) is 6.92 Å². The standard InChI is InChI=1S/C17H21N3O7S/c1-2-3-12-27-13-4-6-14(7-5-13)28(25,26)20-11-10-19(17(22)23)9-8-15(20)16(21)18-24/h4-7,15,24H,8-12H2,1H3,(H,18,21)(H,22,23). The van der Waals surface area contributed by atoms with Crippen molar-refractivity contribution < 1.29 is 33.1 Å². The van der Waals surface area contributed by atoms with E-state index in [4.69, 9.17) is 15.1 Å². The van der Waals surface area contributed by atoms with E-state index in [1.807, 2.05) is 0 Å². The molecule has 1 heterocycles. The second-order valence-corrected chi connectivity index (χ2v) is 7.74. The SMILES string of the molecule is CC#CCOc1ccc(S(=O)(=O)N2CCN(C(=O)O)CCC2C(=O)NO)cc1. The number of nitrogens with zero attached hydrogens (tertiary/aromatic N) is 2. The number of carboxylic acid groups (broad SMARTS) is 1. The Kier molecular flexibility index (Phi) is 7.22. The van der Waals surface area contributed by atoms with Gasteiger partial charge in [0.1, 0.15) is 18.4 Å². The second kappa shape index (κ2) is 9.41. The minimum atomic E-state index is -4.12. The fraction of sp³-hybridized carbons (Fsp3) is 0.412. The molecule has 1 aliphatic heterocycles. The third-order valence-electron chi connectivity index (χ3n) is 4.21. The number of hydrogen-bond acceptors (Lipinski definition) is 6.